The number of rotatable bonds is 5. The molecule has 2 aliphatic rings. The van der Waals surface area contributed by atoms with Gasteiger partial charge in [-0.2, -0.15) is 13.2 Å². The summed E-state index contributed by atoms with van der Waals surface area (Å²) in [5.41, 5.74) is 1.99. The Kier molecular flexibility index (Phi) is 5.41. The molecule has 1 aromatic heterocycles. The Balaban J connectivity index is 1.33. The van der Waals surface area contributed by atoms with Gasteiger partial charge in [-0.1, -0.05) is 24.3 Å². The molecule has 0 bridgehead atoms. The molecule has 5 nitrogen and oxygen atoms in total. The number of hydrogen-bond acceptors (Lipinski definition) is 3. The van der Waals surface area contributed by atoms with E-state index in [4.69, 9.17) is 4.98 Å². The van der Waals surface area contributed by atoms with Crippen LogP contribution >= 0.6 is 0 Å². The van der Waals surface area contributed by atoms with Gasteiger partial charge in [-0.3, -0.25) is 9.69 Å². The smallest absolute Gasteiger partial charge is 0.340 e. The van der Waals surface area contributed by atoms with Gasteiger partial charge >= 0.3 is 6.18 Å². The molecule has 8 heteroatoms. The van der Waals surface area contributed by atoms with Crippen LogP contribution in [-0.2, 0) is 24.1 Å². The lowest BCUT2D eigenvalue weighted by atomic mass is 10.1. The predicted octanol–water partition coefficient (Wildman–Crippen LogP) is 4.16. The zero-order valence-electron chi connectivity index (χ0n) is 17.7. The summed E-state index contributed by atoms with van der Waals surface area (Å²) in [6.07, 6.45) is -2.30. The molecular weight excluding hydrogens is 417 g/mol. The summed E-state index contributed by atoms with van der Waals surface area (Å²) < 4.78 is 40.8. The lowest BCUT2D eigenvalue weighted by molar-refractivity contribution is -0.137. The maximum absolute atomic E-state index is 12.9. The van der Waals surface area contributed by atoms with Crippen LogP contribution in [0.25, 0.3) is 11.0 Å². The van der Waals surface area contributed by atoms with Crippen molar-refractivity contribution in [1.82, 2.24) is 19.4 Å². The first-order chi connectivity index (χ1) is 15.4. The van der Waals surface area contributed by atoms with E-state index in [-0.39, 0.29) is 5.92 Å². The number of fused-ring (bicyclic) bond motifs is 1. The summed E-state index contributed by atoms with van der Waals surface area (Å²) in [4.78, 5) is 21.4. The maximum atomic E-state index is 12.9. The van der Waals surface area contributed by atoms with E-state index in [1.165, 1.54) is 12.1 Å². The van der Waals surface area contributed by atoms with Crippen LogP contribution in [0.5, 0.6) is 0 Å². The fourth-order valence-corrected chi connectivity index (χ4v) is 4.32. The first kappa shape index (κ1) is 21.0. The van der Waals surface area contributed by atoms with E-state index < -0.39 is 11.7 Å². The zero-order valence-corrected chi connectivity index (χ0v) is 17.7. The molecule has 3 aromatic rings. The fraction of sp³-hybridized carbons (Fsp3) is 0.417. The highest BCUT2D eigenvalue weighted by molar-refractivity contribution is 5.81. The monoisotopic (exact) mass is 442 g/mol. The third-order valence-corrected chi connectivity index (χ3v) is 6.33. The van der Waals surface area contributed by atoms with E-state index >= 15 is 0 Å². The summed E-state index contributed by atoms with van der Waals surface area (Å²) in [6.45, 7) is 4.14. The molecule has 1 saturated carbocycles. The second-order valence-electron chi connectivity index (χ2n) is 8.67. The highest BCUT2D eigenvalue weighted by Crippen LogP contribution is 2.32. The van der Waals surface area contributed by atoms with Crippen LogP contribution < -0.4 is 0 Å². The van der Waals surface area contributed by atoms with Crippen molar-refractivity contribution >= 4 is 16.9 Å². The topological polar surface area (TPSA) is 41.4 Å². The van der Waals surface area contributed by atoms with Crippen molar-refractivity contribution in [1.29, 1.82) is 0 Å². The molecule has 0 spiro atoms. The van der Waals surface area contributed by atoms with Crippen molar-refractivity contribution in [2.45, 2.75) is 32.1 Å². The molecule has 1 aliphatic carbocycles. The summed E-state index contributed by atoms with van der Waals surface area (Å²) >= 11 is 0. The quantitative estimate of drug-likeness (QED) is 0.596. The number of alkyl halides is 3. The maximum Gasteiger partial charge on any atom is 0.416 e. The minimum Gasteiger partial charge on any atom is -0.340 e. The third-order valence-electron chi connectivity index (χ3n) is 6.33. The van der Waals surface area contributed by atoms with Gasteiger partial charge < -0.3 is 9.47 Å². The number of aromatic nitrogens is 2. The van der Waals surface area contributed by atoms with Crippen LogP contribution in [-0.4, -0.2) is 51.4 Å². The van der Waals surface area contributed by atoms with Crippen LogP contribution in [0.15, 0.2) is 48.5 Å². The van der Waals surface area contributed by atoms with E-state index in [1.807, 2.05) is 29.2 Å². The molecule has 2 aromatic carbocycles. The van der Waals surface area contributed by atoms with Gasteiger partial charge in [0, 0.05) is 38.6 Å². The largest absolute Gasteiger partial charge is 0.416 e. The van der Waals surface area contributed by atoms with Crippen LogP contribution in [0.4, 0.5) is 13.2 Å². The molecule has 1 saturated heterocycles. The van der Waals surface area contributed by atoms with E-state index in [1.54, 1.807) is 0 Å². The number of piperazine rings is 1. The number of imidazole rings is 1. The van der Waals surface area contributed by atoms with Crippen molar-refractivity contribution < 1.29 is 18.0 Å². The van der Waals surface area contributed by atoms with E-state index in [0.29, 0.717) is 19.0 Å². The van der Waals surface area contributed by atoms with E-state index in [9.17, 15) is 18.0 Å². The molecule has 0 N–H and O–H groups in total. The minimum absolute atomic E-state index is 0.245. The number of benzene rings is 2. The Bertz CT molecular complexity index is 1110. The molecule has 2 fully saturated rings. The van der Waals surface area contributed by atoms with Crippen molar-refractivity contribution in [3.63, 3.8) is 0 Å². The molecule has 5 rings (SSSR count). The Hall–Kier alpha value is -2.87. The Morgan fingerprint density at radius 3 is 2.28 bits per heavy atom. The number of amides is 1. The van der Waals surface area contributed by atoms with Crippen molar-refractivity contribution in [3.8, 4) is 0 Å². The van der Waals surface area contributed by atoms with Crippen LogP contribution in [0.3, 0.4) is 0 Å². The SMILES string of the molecule is O=C(C1CC1)N1CCN(Cc2nc3ccccc3n2Cc2ccc(C(F)(F)F)cc2)CC1. The summed E-state index contributed by atoms with van der Waals surface area (Å²) in [6, 6.07) is 13.1. The van der Waals surface area contributed by atoms with Gasteiger partial charge in [-0.05, 0) is 42.7 Å². The van der Waals surface area contributed by atoms with Crippen LogP contribution in [0.1, 0.15) is 29.8 Å². The molecule has 1 amide bonds. The molecule has 168 valence electrons. The molecule has 0 unspecified atom stereocenters. The minimum atomic E-state index is -4.34. The molecular formula is C24H25F3N4O. The molecule has 2 heterocycles. The predicted molar refractivity (Wildman–Crippen MR) is 115 cm³/mol. The lowest BCUT2D eigenvalue weighted by Crippen LogP contribution is -2.49. The van der Waals surface area contributed by atoms with Crippen molar-refractivity contribution in [2.24, 2.45) is 5.92 Å². The summed E-state index contributed by atoms with van der Waals surface area (Å²) in [5, 5.41) is 0. The summed E-state index contributed by atoms with van der Waals surface area (Å²) in [5.74, 6) is 1.42. The molecule has 0 atom stereocenters. The number of carbonyl (C=O) groups is 1. The Morgan fingerprint density at radius 1 is 0.938 bits per heavy atom. The average molecular weight is 442 g/mol. The van der Waals surface area contributed by atoms with Gasteiger partial charge in [0.05, 0.1) is 23.1 Å². The molecule has 0 radical (unpaired) electrons. The van der Waals surface area contributed by atoms with Gasteiger partial charge in [0.25, 0.3) is 0 Å². The highest BCUT2D eigenvalue weighted by atomic mass is 19.4. The second-order valence-corrected chi connectivity index (χ2v) is 8.67. The average Bonchev–Trinajstić information content (AvgIpc) is 3.58. The van der Waals surface area contributed by atoms with E-state index in [2.05, 4.69) is 9.47 Å². The first-order valence-electron chi connectivity index (χ1n) is 11.0. The zero-order chi connectivity index (χ0) is 22.3. The Morgan fingerprint density at radius 2 is 1.62 bits per heavy atom. The van der Waals surface area contributed by atoms with Gasteiger partial charge in [0.15, 0.2) is 0 Å². The van der Waals surface area contributed by atoms with Gasteiger partial charge in [-0.15, -0.1) is 0 Å². The summed E-state index contributed by atoms with van der Waals surface area (Å²) in [7, 11) is 0. The van der Waals surface area contributed by atoms with Crippen molar-refractivity contribution in [2.75, 3.05) is 26.2 Å². The second kappa shape index (κ2) is 8.24. The fourth-order valence-electron chi connectivity index (χ4n) is 4.32. The highest BCUT2D eigenvalue weighted by Gasteiger charge is 2.34. The first-order valence-corrected chi connectivity index (χ1v) is 11.0. The lowest BCUT2D eigenvalue weighted by Gasteiger charge is -2.34. The third kappa shape index (κ3) is 4.37. The molecule has 32 heavy (non-hydrogen) atoms. The van der Waals surface area contributed by atoms with Gasteiger partial charge in [0.1, 0.15) is 5.82 Å². The number of nitrogens with zero attached hydrogens (tertiary/aromatic N) is 4. The normalized spacial score (nSPS) is 17.8. The van der Waals surface area contributed by atoms with E-state index in [0.717, 1.165) is 73.6 Å². The van der Waals surface area contributed by atoms with Crippen LogP contribution in [0.2, 0.25) is 0 Å². The van der Waals surface area contributed by atoms with Crippen LogP contribution in [0, 0.1) is 5.92 Å². The van der Waals surface area contributed by atoms with Gasteiger partial charge in [-0.25, -0.2) is 4.98 Å². The number of carbonyl (C=O) groups excluding carboxylic acids is 1. The number of hydrogen-bond donors (Lipinski definition) is 0. The Labute approximate surface area is 184 Å². The number of halogens is 3. The molecule has 1 aliphatic heterocycles. The standard InChI is InChI=1S/C24H25F3N4O/c25-24(26,27)19-9-5-17(6-10-19)15-31-21-4-2-1-3-20(21)28-22(31)16-29-11-13-30(14-12-29)23(32)18-7-8-18/h1-6,9-10,18H,7-8,11-16H2. The van der Waals surface area contributed by atoms with Gasteiger partial charge in [0.2, 0.25) is 5.91 Å². The number of para-hydroxylation sites is 2. The van der Waals surface area contributed by atoms with Crippen molar-refractivity contribution in [3.05, 3.63) is 65.5 Å².